The van der Waals surface area contributed by atoms with Crippen molar-refractivity contribution in [3.63, 3.8) is 0 Å². The van der Waals surface area contributed by atoms with Gasteiger partial charge in [0.15, 0.2) is 0 Å². The fourth-order valence-corrected chi connectivity index (χ4v) is 1.98. The number of aromatic nitrogens is 3. The molecule has 6 heteroatoms. The molecule has 90 valence electrons. The monoisotopic (exact) mass is 249 g/mol. The van der Waals surface area contributed by atoms with Crippen LogP contribution in [0, 0.1) is 0 Å². The summed E-state index contributed by atoms with van der Waals surface area (Å²) in [6.45, 7) is 4.55. The van der Waals surface area contributed by atoms with Crippen molar-refractivity contribution in [3.05, 3.63) is 35.8 Å². The van der Waals surface area contributed by atoms with Gasteiger partial charge in [0.25, 0.3) is 0 Å². The van der Waals surface area contributed by atoms with E-state index in [9.17, 15) is 0 Å². The Labute approximate surface area is 104 Å². The molecule has 2 rings (SSSR count). The fourth-order valence-electron chi connectivity index (χ4n) is 1.54. The number of anilines is 1. The summed E-state index contributed by atoms with van der Waals surface area (Å²) >= 11 is 1.24. The minimum Gasteiger partial charge on any atom is -0.388 e. The maximum Gasteiger partial charge on any atom is 0.132 e. The van der Waals surface area contributed by atoms with E-state index in [4.69, 9.17) is 5.73 Å². The van der Waals surface area contributed by atoms with Gasteiger partial charge in [-0.1, -0.05) is 17.5 Å². The largest absolute Gasteiger partial charge is 0.388 e. The molecule has 0 aromatic carbocycles. The van der Waals surface area contributed by atoms with Gasteiger partial charge in [0.2, 0.25) is 0 Å². The number of hydrogen-bond acceptors (Lipinski definition) is 6. The average molecular weight is 249 g/mol. The Morgan fingerprint density at radius 2 is 2.24 bits per heavy atom. The summed E-state index contributed by atoms with van der Waals surface area (Å²) in [5.74, 6) is 0. The van der Waals surface area contributed by atoms with E-state index < -0.39 is 0 Å². The summed E-state index contributed by atoms with van der Waals surface area (Å²) < 4.78 is 3.84. The van der Waals surface area contributed by atoms with Crippen LogP contribution < -0.4 is 5.73 Å². The molecule has 0 radical (unpaired) electrons. The van der Waals surface area contributed by atoms with Gasteiger partial charge < -0.3 is 5.73 Å². The number of nitrogens with two attached hydrogens (primary N) is 1. The summed E-state index contributed by atoms with van der Waals surface area (Å²) in [6.07, 6.45) is 1.81. The number of nitrogens with zero attached hydrogens (tertiary/aromatic N) is 4. The molecule has 17 heavy (non-hydrogen) atoms. The van der Waals surface area contributed by atoms with Crippen LogP contribution in [0.1, 0.15) is 18.3 Å². The lowest BCUT2D eigenvalue weighted by atomic mass is 10.3. The Morgan fingerprint density at radius 3 is 2.82 bits per heavy atom. The smallest absolute Gasteiger partial charge is 0.132 e. The second-order valence-corrected chi connectivity index (χ2v) is 4.49. The van der Waals surface area contributed by atoms with Gasteiger partial charge in [-0.05, 0) is 18.7 Å². The molecule has 0 fully saturated rings. The summed E-state index contributed by atoms with van der Waals surface area (Å²) in [7, 11) is 0. The lowest BCUT2D eigenvalue weighted by Crippen LogP contribution is -2.23. The maximum atomic E-state index is 5.79. The predicted molar refractivity (Wildman–Crippen MR) is 68.3 cm³/mol. The summed E-state index contributed by atoms with van der Waals surface area (Å²) in [5.41, 5.74) is 7.69. The Hall–Kier alpha value is -1.53. The minimum absolute atomic E-state index is 0.699. The summed E-state index contributed by atoms with van der Waals surface area (Å²) in [6, 6.07) is 5.93. The Kier molecular flexibility index (Phi) is 4.00. The first kappa shape index (κ1) is 11.9. The van der Waals surface area contributed by atoms with Crippen molar-refractivity contribution in [1.29, 1.82) is 0 Å². The van der Waals surface area contributed by atoms with Crippen LogP contribution in [-0.4, -0.2) is 26.0 Å². The van der Waals surface area contributed by atoms with Gasteiger partial charge in [0.1, 0.15) is 10.7 Å². The zero-order valence-electron chi connectivity index (χ0n) is 9.71. The second-order valence-electron chi connectivity index (χ2n) is 3.71. The van der Waals surface area contributed by atoms with E-state index in [0.29, 0.717) is 5.00 Å². The van der Waals surface area contributed by atoms with Gasteiger partial charge >= 0.3 is 0 Å². The SMILES string of the molecule is CCN(Cc1ccccn1)Cc1nnsc1N. The van der Waals surface area contributed by atoms with Crippen molar-refractivity contribution < 1.29 is 0 Å². The fraction of sp³-hybridized carbons (Fsp3) is 0.364. The van der Waals surface area contributed by atoms with Crippen LogP contribution in [-0.2, 0) is 13.1 Å². The molecule has 2 aromatic rings. The quantitative estimate of drug-likeness (QED) is 0.870. The highest BCUT2D eigenvalue weighted by Crippen LogP contribution is 2.15. The Balaban J connectivity index is 2.00. The lowest BCUT2D eigenvalue weighted by Gasteiger charge is -2.18. The van der Waals surface area contributed by atoms with Gasteiger partial charge in [0, 0.05) is 30.8 Å². The van der Waals surface area contributed by atoms with Crippen LogP contribution in [0.15, 0.2) is 24.4 Å². The van der Waals surface area contributed by atoms with Crippen LogP contribution in [0.25, 0.3) is 0 Å². The van der Waals surface area contributed by atoms with Crippen LogP contribution in [0.3, 0.4) is 0 Å². The molecular weight excluding hydrogens is 234 g/mol. The first-order valence-electron chi connectivity index (χ1n) is 5.48. The van der Waals surface area contributed by atoms with Gasteiger partial charge in [-0.3, -0.25) is 9.88 Å². The topological polar surface area (TPSA) is 67.9 Å². The van der Waals surface area contributed by atoms with E-state index in [-0.39, 0.29) is 0 Å². The molecule has 0 saturated heterocycles. The number of nitrogen functional groups attached to an aromatic ring is 1. The van der Waals surface area contributed by atoms with Gasteiger partial charge in [-0.25, -0.2) is 0 Å². The molecule has 0 saturated carbocycles. The first-order chi connectivity index (χ1) is 8.29. The van der Waals surface area contributed by atoms with Gasteiger partial charge in [-0.2, -0.15) is 0 Å². The summed E-state index contributed by atoms with van der Waals surface area (Å²) in [4.78, 5) is 6.54. The molecular formula is C11H15N5S. The number of hydrogen-bond donors (Lipinski definition) is 1. The van der Waals surface area contributed by atoms with Crippen LogP contribution in [0.4, 0.5) is 5.00 Å². The van der Waals surface area contributed by atoms with Crippen molar-refractivity contribution in [2.24, 2.45) is 0 Å². The number of rotatable bonds is 5. The van der Waals surface area contributed by atoms with E-state index in [1.165, 1.54) is 11.5 Å². The van der Waals surface area contributed by atoms with Crippen molar-refractivity contribution in [1.82, 2.24) is 19.5 Å². The molecule has 0 amide bonds. The number of pyridine rings is 1. The van der Waals surface area contributed by atoms with Crippen LogP contribution in [0.5, 0.6) is 0 Å². The van der Waals surface area contributed by atoms with E-state index in [1.54, 1.807) is 0 Å². The highest BCUT2D eigenvalue weighted by Gasteiger charge is 2.10. The zero-order chi connectivity index (χ0) is 12.1. The zero-order valence-corrected chi connectivity index (χ0v) is 10.5. The molecule has 0 aliphatic heterocycles. The summed E-state index contributed by atoms with van der Waals surface area (Å²) in [5, 5.41) is 4.73. The third-order valence-electron chi connectivity index (χ3n) is 2.52. The van der Waals surface area contributed by atoms with E-state index in [0.717, 1.165) is 31.0 Å². The Morgan fingerprint density at radius 1 is 1.35 bits per heavy atom. The molecule has 0 atom stereocenters. The van der Waals surface area contributed by atoms with Gasteiger partial charge in [0.05, 0.1) is 5.69 Å². The molecule has 2 aromatic heterocycles. The molecule has 0 aliphatic carbocycles. The molecule has 0 spiro atoms. The Bertz CT molecular complexity index is 456. The molecule has 0 aliphatic rings. The highest BCUT2D eigenvalue weighted by molar-refractivity contribution is 7.09. The van der Waals surface area contributed by atoms with Crippen molar-refractivity contribution >= 4 is 16.5 Å². The van der Waals surface area contributed by atoms with E-state index in [1.807, 2.05) is 24.4 Å². The van der Waals surface area contributed by atoms with Crippen molar-refractivity contribution in [2.75, 3.05) is 12.3 Å². The van der Waals surface area contributed by atoms with Crippen molar-refractivity contribution in [2.45, 2.75) is 20.0 Å². The van der Waals surface area contributed by atoms with E-state index >= 15 is 0 Å². The maximum absolute atomic E-state index is 5.79. The average Bonchev–Trinajstić information content (AvgIpc) is 2.75. The predicted octanol–water partition coefficient (Wildman–Crippen LogP) is 1.54. The normalized spacial score (nSPS) is 10.9. The standard InChI is InChI=1S/C11H15N5S/c1-2-16(7-9-5-3-4-6-13-9)8-10-11(12)17-15-14-10/h3-6H,2,7-8,12H2,1H3. The molecule has 2 heterocycles. The van der Waals surface area contributed by atoms with E-state index in [2.05, 4.69) is 26.4 Å². The second kappa shape index (κ2) is 5.70. The highest BCUT2D eigenvalue weighted by atomic mass is 32.1. The van der Waals surface area contributed by atoms with Gasteiger partial charge in [-0.15, -0.1) is 5.10 Å². The third kappa shape index (κ3) is 3.21. The molecule has 5 nitrogen and oxygen atoms in total. The van der Waals surface area contributed by atoms with Crippen molar-refractivity contribution in [3.8, 4) is 0 Å². The molecule has 2 N–H and O–H groups in total. The first-order valence-corrected chi connectivity index (χ1v) is 6.26. The molecule has 0 bridgehead atoms. The molecule has 0 unspecified atom stereocenters. The lowest BCUT2D eigenvalue weighted by molar-refractivity contribution is 0.265. The van der Waals surface area contributed by atoms with Crippen LogP contribution >= 0.6 is 11.5 Å². The minimum atomic E-state index is 0.699. The van der Waals surface area contributed by atoms with Crippen LogP contribution in [0.2, 0.25) is 0 Å². The third-order valence-corrected chi connectivity index (χ3v) is 3.11.